The number of likely N-dealkylation sites (N-methyl/N-ethyl adjacent to an activating group) is 1. The van der Waals surface area contributed by atoms with Crippen LogP contribution in [0.2, 0.25) is 0 Å². The van der Waals surface area contributed by atoms with Gasteiger partial charge in [-0.3, -0.25) is 0 Å². The molecular weight excluding hydrogens is 262 g/mol. The van der Waals surface area contributed by atoms with E-state index in [1.807, 2.05) is 0 Å². The van der Waals surface area contributed by atoms with Crippen LogP contribution in [0.25, 0.3) is 0 Å². The van der Waals surface area contributed by atoms with Crippen LogP contribution in [-0.4, -0.2) is 24.5 Å². The van der Waals surface area contributed by atoms with Gasteiger partial charge >= 0.3 is 0 Å². The van der Waals surface area contributed by atoms with Crippen LogP contribution in [-0.2, 0) is 6.42 Å². The topological polar surface area (TPSA) is 3.24 Å². The lowest BCUT2D eigenvalue weighted by Crippen LogP contribution is -2.27. The van der Waals surface area contributed by atoms with Gasteiger partial charge < -0.3 is 4.90 Å². The second-order valence-electron chi connectivity index (χ2n) is 4.53. The summed E-state index contributed by atoms with van der Waals surface area (Å²) < 4.78 is 1.30. The van der Waals surface area contributed by atoms with Crippen molar-refractivity contribution in [1.82, 2.24) is 4.90 Å². The van der Waals surface area contributed by atoms with E-state index in [1.165, 1.54) is 23.9 Å². The van der Waals surface area contributed by atoms with Crippen LogP contribution in [0.15, 0.2) is 22.7 Å². The Labute approximate surface area is 107 Å². The molecule has 1 aromatic carbocycles. The Balaban J connectivity index is 2.14. The number of halogens is 1. The van der Waals surface area contributed by atoms with Crippen molar-refractivity contribution in [2.24, 2.45) is 0 Å². The molecule has 1 aliphatic rings. The van der Waals surface area contributed by atoms with Crippen LogP contribution in [0.5, 0.6) is 0 Å². The third-order valence-corrected chi connectivity index (χ3v) is 4.45. The molecular formula is C14H20BrN. The minimum absolute atomic E-state index is 0.743. The number of nitrogens with zero attached hydrogens (tertiary/aromatic N) is 1. The lowest BCUT2D eigenvalue weighted by molar-refractivity contribution is 0.282. The van der Waals surface area contributed by atoms with Crippen LogP contribution < -0.4 is 0 Å². The molecule has 0 aromatic heterocycles. The normalized spacial score (nSPS) is 19.1. The fraction of sp³-hybridized carbons (Fsp3) is 0.571. The number of fused-ring (bicyclic) bond motifs is 1. The minimum atomic E-state index is 0.743. The van der Waals surface area contributed by atoms with Gasteiger partial charge in [0.2, 0.25) is 0 Å². The highest BCUT2D eigenvalue weighted by atomic mass is 79.9. The average molecular weight is 282 g/mol. The Morgan fingerprint density at radius 1 is 1.31 bits per heavy atom. The lowest BCUT2D eigenvalue weighted by Gasteiger charge is -2.23. The molecule has 0 amide bonds. The summed E-state index contributed by atoms with van der Waals surface area (Å²) in [5, 5.41) is 0. The molecule has 0 aliphatic heterocycles. The molecule has 0 saturated carbocycles. The molecule has 88 valence electrons. The zero-order valence-corrected chi connectivity index (χ0v) is 11.8. The van der Waals surface area contributed by atoms with E-state index in [0.717, 1.165) is 19.0 Å². The summed E-state index contributed by atoms with van der Waals surface area (Å²) in [7, 11) is 0. The standard InChI is InChI=1S/C14H20BrN/c1-3-16(4-2)10-11-8-9-13-12(11)6-5-7-14(13)15/h5-7,11H,3-4,8-10H2,1-2H3. The van der Waals surface area contributed by atoms with Gasteiger partial charge in [-0.2, -0.15) is 0 Å². The predicted octanol–water partition coefficient (Wildman–Crippen LogP) is 3.82. The van der Waals surface area contributed by atoms with Gasteiger partial charge in [-0.05, 0) is 49.0 Å². The van der Waals surface area contributed by atoms with E-state index in [9.17, 15) is 0 Å². The first kappa shape index (κ1) is 12.1. The second kappa shape index (κ2) is 5.33. The number of rotatable bonds is 4. The predicted molar refractivity (Wildman–Crippen MR) is 73.0 cm³/mol. The summed E-state index contributed by atoms with van der Waals surface area (Å²) in [6.45, 7) is 8.05. The average Bonchev–Trinajstić information content (AvgIpc) is 2.71. The van der Waals surface area contributed by atoms with Crippen LogP contribution in [0.3, 0.4) is 0 Å². The number of benzene rings is 1. The Kier molecular flexibility index (Phi) is 4.04. The third kappa shape index (κ3) is 2.33. The molecule has 0 saturated heterocycles. The zero-order chi connectivity index (χ0) is 11.5. The molecule has 0 spiro atoms. The van der Waals surface area contributed by atoms with E-state index in [2.05, 4.69) is 52.9 Å². The first-order chi connectivity index (χ1) is 7.76. The first-order valence-corrected chi connectivity index (χ1v) is 7.05. The van der Waals surface area contributed by atoms with E-state index >= 15 is 0 Å². The van der Waals surface area contributed by atoms with Crippen molar-refractivity contribution in [3.63, 3.8) is 0 Å². The molecule has 0 radical (unpaired) electrons. The van der Waals surface area contributed by atoms with Gasteiger partial charge in [0.05, 0.1) is 0 Å². The van der Waals surface area contributed by atoms with E-state index in [4.69, 9.17) is 0 Å². The summed E-state index contributed by atoms with van der Waals surface area (Å²) in [5.41, 5.74) is 3.11. The molecule has 2 rings (SSSR count). The molecule has 0 bridgehead atoms. The Morgan fingerprint density at radius 3 is 2.75 bits per heavy atom. The lowest BCUT2D eigenvalue weighted by atomic mass is 10.0. The maximum Gasteiger partial charge on any atom is 0.0210 e. The molecule has 0 fully saturated rings. The highest BCUT2D eigenvalue weighted by molar-refractivity contribution is 9.10. The van der Waals surface area contributed by atoms with Gasteiger partial charge in [-0.25, -0.2) is 0 Å². The maximum absolute atomic E-state index is 3.66. The van der Waals surface area contributed by atoms with Gasteiger partial charge in [0.25, 0.3) is 0 Å². The summed E-state index contributed by atoms with van der Waals surface area (Å²) in [6, 6.07) is 6.64. The fourth-order valence-corrected chi connectivity index (χ4v) is 3.26. The first-order valence-electron chi connectivity index (χ1n) is 6.25. The van der Waals surface area contributed by atoms with Gasteiger partial charge in [0.1, 0.15) is 0 Å². The van der Waals surface area contributed by atoms with Crippen molar-refractivity contribution in [3.8, 4) is 0 Å². The molecule has 1 aliphatic carbocycles. The Hall–Kier alpha value is -0.340. The SMILES string of the molecule is CCN(CC)CC1CCc2c(Br)cccc21. The largest absolute Gasteiger partial charge is 0.303 e. The van der Waals surface area contributed by atoms with Gasteiger partial charge in [-0.15, -0.1) is 0 Å². The quantitative estimate of drug-likeness (QED) is 0.811. The van der Waals surface area contributed by atoms with E-state index in [0.29, 0.717) is 0 Å². The zero-order valence-electron chi connectivity index (χ0n) is 10.2. The monoisotopic (exact) mass is 281 g/mol. The molecule has 2 heteroatoms. The van der Waals surface area contributed by atoms with Crippen LogP contribution >= 0.6 is 15.9 Å². The summed E-state index contributed by atoms with van der Waals surface area (Å²) in [6.07, 6.45) is 2.55. The van der Waals surface area contributed by atoms with E-state index < -0.39 is 0 Å². The molecule has 1 atom stereocenters. The van der Waals surface area contributed by atoms with Gasteiger partial charge in [-0.1, -0.05) is 41.9 Å². The summed E-state index contributed by atoms with van der Waals surface area (Å²) >= 11 is 3.66. The van der Waals surface area contributed by atoms with Crippen LogP contribution in [0, 0.1) is 0 Å². The molecule has 0 N–H and O–H groups in total. The van der Waals surface area contributed by atoms with Crippen molar-refractivity contribution in [3.05, 3.63) is 33.8 Å². The van der Waals surface area contributed by atoms with Crippen molar-refractivity contribution in [2.75, 3.05) is 19.6 Å². The Bertz CT molecular complexity index is 358. The fourth-order valence-electron chi connectivity index (χ4n) is 2.68. The van der Waals surface area contributed by atoms with Crippen molar-refractivity contribution >= 4 is 15.9 Å². The number of hydrogen-bond acceptors (Lipinski definition) is 1. The number of hydrogen-bond donors (Lipinski definition) is 0. The molecule has 1 unspecified atom stereocenters. The second-order valence-corrected chi connectivity index (χ2v) is 5.38. The van der Waals surface area contributed by atoms with Crippen LogP contribution in [0.4, 0.5) is 0 Å². The minimum Gasteiger partial charge on any atom is -0.303 e. The van der Waals surface area contributed by atoms with Gasteiger partial charge in [0, 0.05) is 11.0 Å². The Morgan fingerprint density at radius 2 is 2.06 bits per heavy atom. The van der Waals surface area contributed by atoms with Crippen molar-refractivity contribution in [1.29, 1.82) is 0 Å². The highest BCUT2D eigenvalue weighted by Crippen LogP contribution is 2.37. The van der Waals surface area contributed by atoms with E-state index in [-0.39, 0.29) is 0 Å². The smallest absolute Gasteiger partial charge is 0.0210 e. The molecule has 1 nitrogen and oxygen atoms in total. The third-order valence-electron chi connectivity index (χ3n) is 3.71. The molecule has 0 heterocycles. The molecule has 16 heavy (non-hydrogen) atoms. The molecule has 1 aromatic rings. The maximum atomic E-state index is 3.66. The summed E-state index contributed by atoms with van der Waals surface area (Å²) in [5.74, 6) is 0.743. The van der Waals surface area contributed by atoms with Crippen molar-refractivity contribution < 1.29 is 0 Å². The van der Waals surface area contributed by atoms with E-state index in [1.54, 1.807) is 11.1 Å². The van der Waals surface area contributed by atoms with Crippen molar-refractivity contribution in [2.45, 2.75) is 32.6 Å². The summed E-state index contributed by atoms with van der Waals surface area (Å²) in [4.78, 5) is 2.53. The van der Waals surface area contributed by atoms with Gasteiger partial charge in [0.15, 0.2) is 0 Å². The van der Waals surface area contributed by atoms with Crippen LogP contribution in [0.1, 0.15) is 37.3 Å². The highest BCUT2D eigenvalue weighted by Gasteiger charge is 2.24.